The number of allylic oxidation sites excluding steroid dienone is 2. The van der Waals surface area contributed by atoms with Gasteiger partial charge < -0.3 is 15.1 Å². The number of rotatable bonds is 12. The van der Waals surface area contributed by atoms with Gasteiger partial charge in [0.05, 0.1) is 12.2 Å². The lowest BCUT2D eigenvalue weighted by Gasteiger charge is -2.19. The molecule has 0 amide bonds. The number of unbranched alkanes of at least 4 members (excludes halogenated alkanes) is 4. The predicted octanol–water partition coefficient (Wildman–Crippen LogP) is 4.55. The minimum atomic E-state index is -0.349. The summed E-state index contributed by atoms with van der Waals surface area (Å²) in [5.74, 6) is 1.33. The molecule has 0 radical (unpaired) electrons. The predicted molar refractivity (Wildman–Crippen MR) is 110 cm³/mol. The zero-order valence-electron chi connectivity index (χ0n) is 17.2. The molecule has 1 saturated carbocycles. The Morgan fingerprint density at radius 1 is 1.19 bits per heavy atom. The highest BCUT2D eigenvalue weighted by atomic mass is 16.3. The molecule has 150 valence electrons. The molecule has 2 N–H and O–H groups in total. The van der Waals surface area contributed by atoms with Crippen LogP contribution in [-0.2, 0) is 0 Å². The van der Waals surface area contributed by atoms with Crippen LogP contribution in [0.1, 0.15) is 71.1 Å². The fourth-order valence-corrected chi connectivity index (χ4v) is 4.70. The van der Waals surface area contributed by atoms with Crippen molar-refractivity contribution in [3.63, 3.8) is 0 Å². The average molecular weight is 364 g/mol. The highest BCUT2D eigenvalue weighted by Crippen LogP contribution is 2.48. The number of aliphatic hydroxyl groups excluding tert-OH is 2. The number of hydrogen-bond donors (Lipinski definition) is 2. The third-order valence-electron chi connectivity index (χ3n) is 6.21. The van der Waals surface area contributed by atoms with E-state index in [1.165, 1.54) is 45.1 Å². The first-order chi connectivity index (χ1) is 12.5. The third kappa shape index (κ3) is 6.83. The summed E-state index contributed by atoms with van der Waals surface area (Å²) in [5.41, 5.74) is 1.61. The van der Waals surface area contributed by atoms with E-state index in [0.29, 0.717) is 11.8 Å². The van der Waals surface area contributed by atoms with Crippen LogP contribution in [0.25, 0.3) is 0 Å². The smallest absolute Gasteiger partial charge is 0.0721 e. The summed E-state index contributed by atoms with van der Waals surface area (Å²) in [4.78, 5) is 2.26. The highest BCUT2D eigenvalue weighted by molar-refractivity contribution is 5.20. The average Bonchev–Trinajstić information content (AvgIpc) is 3.09. The highest BCUT2D eigenvalue weighted by Gasteiger charge is 2.43. The van der Waals surface area contributed by atoms with E-state index in [2.05, 4.69) is 38.1 Å². The molecular formula is C23H41NO2. The second-order valence-corrected chi connectivity index (χ2v) is 8.80. The van der Waals surface area contributed by atoms with E-state index in [4.69, 9.17) is 0 Å². The minimum absolute atomic E-state index is 0.225. The fraction of sp³-hybridized carbons (Fsp3) is 0.826. The van der Waals surface area contributed by atoms with Crippen molar-refractivity contribution in [2.24, 2.45) is 17.8 Å². The summed E-state index contributed by atoms with van der Waals surface area (Å²) in [6.45, 7) is 3.37. The summed E-state index contributed by atoms with van der Waals surface area (Å²) in [6.07, 6.45) is 17.4. The van der Waals surface area contributed by atoms with Crippen LogP contribution in [0.3, 0.4) is 0 Å². The Morgan fingerprint density at radius 3 is 2.73 bits per heavy atom. The molecule has 0 aromatic heterocycles. The normalized spacial score (nSPS) is 29.5. The molecular weight excluding hydrogens is 322 g/mol. The maximum absolute atomic E-state index is 10.4. The molecule has 5 atom stereocenters. The molecule has 0 unspecified atom stereocenters. The number of fused-ring (bicyclic) bond motifs is 1. The van der Waals surface area contributed by atoms with Crippen molar-refractivity contribution in [1.29, 1.82) is 0 Å². The molecule has 0 saturated heterocycles. The van der Waals surface area contributed by atoms with Crippen molar-refractivity contribution in [2.45, 2.75) is 83.3 Å². The van der Waals surface area contributed by atoms with Crippen LogP contribution in [0, 0.1) is 17.8 Å². The number of aliphatic hydroxyl groups is 2. The van der Waals surface area contributed by atoms with Crippen molar-refractivity contribution < 1.29 is 10.2 Å². The van der Waals surface area contributed by atoms with Crippen LogP contribution >= 0.6 is 0 Å². The van der Waals surface area contributed by atoms with Gasteiger partial charge in [0, 0.05) is 5.92 Å². The lowest BCUT2D eigenvalue weighted by atomic mass is 9.88. The van der Waals surface area contributed by atoms with Gasteiger partial charge in [-0.15, -0.1) is 0 Å². The Hall–Kier alpha value is -0.640. The molecule has 2 rings (SSSR count). The van der Waals surface area contributed by atoms with Gasteiger partial charge in [-0.25, -0.2) is 0 Å². The van der Waals surface area contributed by atoms with Gasteiger partial charge in [-0.05, 0) is 71.0 Å². The van der Waals surface area contributed by atoms with E-state index in [1.807, 2.05) is 6.08 Å². The van der Waals surface area contributed by atoms with Crippen LogP contribution in [0.2, 0.25) is 0 Å². The molecule has 2 aliphatic carbocycles. The summed E-state index contributed by atoms with van der Waals surface area (Å²) in [6, 6.07) is 0. The van der Waals surface area contributed by atoms with Crippen molar-refractivity contribution in [1.82, 2.24) is 4.90 Å². The SMILES string of the molecule is CCCCC[C@H](O)C=C[C@H]1[C@@H]2CC(CCCCCN(C)C)=C[C@@H]2C[C@@H]1O. The zero-order chi connectivity index (χ0) is 18.9. The van der Waals surface area contributed by atoms with E-state index in [9.17, 15) is 10.2 Å². The monoisotopic (exact) mass is 363 g/mol. The van der Waals surface area contributed by atoms with Gasteiger partial charge >= 0.3 is 0 Å². The standard InChI is InChI=1S/C23H41NO2/c1-4-5-7-11-20(25)12-13-21-22-16-18(15-19(22)17-23(21)26)10-8-6-9-14-24(2)3/h12-13,15,19-23,25-26H,4-11,14,16-17H2,1-3H3/t19-,20+,21+,22-,23+/m1/s1. The van der Waals surface area contributed by atoms with E-state index in [-0.39, 0.29) is 18.1 Å². The molecule has 26 heavy (non-hydrogen) atoms. The van der Waals surface area contributed by atoms with Gasteiger partial charge in [0.15, 0.2) is 0 Å². The molecule has 3 heteroatoms. The van der Waals surface area contributed by atoms with Crippen molar-refractivity contribution in [3.8, 4) is 0 Å². The molecule has 0 heterocycles. The van der Waals surface area contributed by atoms with Gasteiger partial charge in [0.1, 0.15) is 0 Å². The van der Waals surface area contributed by atoms with Crippen molar-refractivity contribution >= 4 is 0 Å². The minimum Gasteiger partial charge on any atom is -0.392 e. The Morgan fingerprint density at radius 2 is 2.00 bits per heavy atom. The van der Waals surface area contributed by atoms with Crippen LogP contribution in [0.15, 0.2) is 23.8 Å². The second-order valence-electron chi connectivity index (χ2n) is 8.80. The van der Waals surface area contributed by atoms with Gasteiger partial charge in [-0.1, -0.05) is 56.4 Å². The largest absolute Gasteiger partial charge is 0.392 e. The Labute approximate surface area is 161 Å². The lowest BCUT2D eigenvalue weighted by molar-refractivity contribution is 0.139. The first kappa shape index (κ1) is 21.7. The second kappa shape index (κ2) is 11.3. The van der Waals surface area contributed by atoms with Crippen LogP contribution < -0.4 is 0 Å². The van der Waals surface area contributed by atoms with Crippen LogP contribution in [-0.4, -0.2) is 48.0 Å². The molecule has 0 spiro atoms. The van der Waals surface area contributed by atoms with Crippen molar-refractivity contribution in [3.05, 3.63) is 23.8 Å². The fourth-order valence-electron chi connectivity index (χ4n) is 4.70. The summed E-state index contributed by atoms with van der Waals surface area (Å²) in [5, 5.41) is 20.6. The van der Waals surface area contributed by atoms with Crippen LogP contribution in [0.5, 0.6) is 0 Å². The molecule has 2 aliphatic rings. The number of hydrogen-bond acceptors (Lipinski definition) is 3. The van der Waals surface area contributed by atoms with E-state index in [1.54, 1.807) is 5.57 Å². The zero-order valence-corrected chi connectivity index (χ0v) is 17.2. The van der Waals surface area contributed by atoms with Gasteiger partial charge in [0.2, 0.25) is 0 Å². The molecule has 0 aromatic rings. The number of nitrogens with zero attached hydrogens (tertiary/aromatic N) is 1. The molecule has 1 fully saturated rings. The molecule has 0 aliphatic heterocycles. The summed E-state index contributed by atoms with van der Waals surface area (Å²) in [7, 11) is 4.28. The van der Waals surface area contributed by atoms with E-state index < -0.39 is 0 Å². The molecule has 3 nitrogen and oxygen atoms in total. The quantitative estimate of drug-likeness (QED) is 0.395. The van der Waals surface area contributed by atoms with Crippen LogP contribution in [0.4, 0.5) is 0 Å². The van der Waals surface area contributed by atoms with Gasteiger partial charge in [-0.3, -0.25) is 0 Å². The maximum atomic E-state index is 10.4. The van der Waals surface area contributed by atoms with Gasteiger partial charge in [-0.2, -0.15) is 0 Å². The van der Waals surface area contributed by atoms with Gasteiger partial charge in [0.25, 0.3) is 0 Å². The first-order valence-electron chi connectivity index (χ1n) is 10.9. The Bertz CT molecular complexity index is 457. The lowest BCUT2D eigenvalue weighted by Crippen LogP contribution is -2.18. The molecule has 0 bridgehead atoms. The Kier molecular flexibility index (Phi) is 9.38. The Balaban J connectivity index is 1.74. The van der Waals surface area contributed by atoms with E-state index in [0.717, 1.165) is 25.7 Å². The molecule has 0 aromatic carbocycles. The summed E-state index contributed by atoms with van der Waals surface area (Å²) < 4.78 is 0. The third-order valence-corrected chi connectivity index (χ3v) is 6.21. The first-order valence-corrected chi connectivity index (χ1v) is 10.9. The topological polar surface area (TPSA) is 43.7 Å². The van der Waals surface area contributed by atoms with E-state index >= 15 is 0 Å². The van der Waals surface area contributed by atoms with Crippen molar-refractivity contribution in [2.75, 3.05) is 20.6 Å². The maximum Gasteiger partial charge on any atom is 0.0721 e. The summed E-state index contributed by atoms with van der Waals surface area (Å²) >= 11 is 0.